The maximum Gasteiger partial charge on any atom is 0.335 e. The van der Waals surface area contributed by atoms with Crippen LogP contribution in [0.4, 0.5) is 0 Å². The van der Waals surface area contributed by atoms with E-state index in [-0.39, 0.29) is 12.6 Å². The molecule has 1 aliphatic heterocycles. The Bertz CT molecular complexity index is 813. The number of carbonyl (C=O) groups is 2. The predicted octanol–water partition coefficient (Wildman–Crippen LogP) is 3.15. The minimum atomic E-state index is -0.773. The van der Waals surface area contributed by atoms with Crippen molar-refractivity contribution in [2.75, 3.05) is 13.2 Å². The van der Waals surface area contributed by atoms with Crippen molar-refractivity contribution in [2.24, 2.45) is 5.10 Å². The monoisotopic (exact) mass is 388 g/mol. The average molecular weight is 388 g/mol. The fourth-order valence-corrected chi connectivity index (χ4v) is 3.44. The van der Waals surface area contributed by atoms with Gasteiger partial charge >= 0.3 is 5.97 Å². The third-order valence-corrected chi connectivity index (χ3v) is 4.95. The van der Waals surface area contributed by atoms with Gasteiger partial charge in [0.15, 0.2) is 12.7 Å². The van der Waals surface area contributed by atoms with Gasteiger partial charge in [-0.3, -0.25) is 4.79 Å². The zero-order valence-corrected chi connectivity index (χ0v) is 15.7. The van der Waals surface area contributed by atoms with Gasteiger partial charge in [0.1, 0.15) is 11.5 Å². The molecule has 0 saturated carbocycles. The number of hydrogen-bond acceptors (Lipinski definition) is 7. The second kappa shape index (κ2) is 8.79. The lowest BCUT2D eigenvalue weighted by molar-refractivity contribution is -0.161. The second-order valence-electron chi connectivity index (χ2n) is 5.87. The Kier molecular flexibility index (Phi) is 6.20. The van der Waals surface area contributed by atoms with Gasteiger partial charge in [-0.2, -0.15) is 5.10 Å². The predicted molar refractivity (Wildman–Crippen MR) is 100 cm³/mol. The number of carbonyl (C=O) groups excluding carboxylic acids is 2. The minimum Gasteiger partial charge on any atom is -0.463 e. The summed E-state index contributed by atoms with van der Waals surface area (Å²) in [5.41, 5.74) is 0.681. The normalized spacial score (nSPS) is 17.4. The van der Waals surface area contributed by atoms with Crippen molar-refractivity contribution >= 4 is 28.9 Å². The number of rotatable bonds is 8. The van der Waals surface area contributed by atoms with Gasteiger partial charge in [-0.05, 0) is 30.5 Å². The number of amides is 1. The van der Waals surface area contributed by atoms with Crippen LogP contribution in [0.15, 0.2) is 58.1 Å². The minimum absolute atomic E-state index is 0.230. The molecule has 142 valence electrons. The summed E-state index contributed by atoms with van der Waals surface area (Å²) in [7, 11) is 0. The van der Waals surface area contributed by atoms with Crippen molar-refractivity contribution < 1.29 is 23.5 Å². The van der Waals surface area contributed by atoms with Crippen LogP contribution in [0.2, 0.25) is 0 Å². The Morgan fingerprint density at radius 1 is 1.48 bits per heavy atom. The van der Waals surface area contributed by atoms with Crippen molar-refractivity contribution in [3.63, 3.8) is 0 Å². The summed E-state index contributed by atoms with van der Waals surface area (Å²) in [6.45, 7) is 4.91. The first kappa shape index (κ1) is 19.1. The van der Waals surface area contributed by atoms with Crippen LogP contribution in [0.3, 0.4) is 0 Å². The lowest BCUT2D eigenvalue weighted by Crippen LogP contribution is -2.33. The van der Waals surface area contributed by atoms with Crippen LogP contribution in [0, 0.1) is 0 Å². The van der Waals surface area contributed by atoms with Crippen LogP contribution >= 0.6 is 11.3 Å². The highest BCUT2D eigenvalue weighted by molar-refractivity contribution is 7.10. The fraction of sp³-hybridized carbons (Fsp3) is 0.316. The lowest BCUT2D eigenvalue weighted by atomic mass is 10.1. The fourth-order valence-electron chi connectivity index (χ4n) is 2.63. The highest BCUT2D eigenvalue weighted by atomic mass is 32.1. The summed E-state index contributed by atoms with van der Waals surface area (Å²) < 4.78 is 15.7. The molecule has 0 fully saturated rings. The average Bonchev–Trinajstić information content (AvgIpc) is 3.42. The third-order valence-electron chi connectivity index (χ3n) is 3.98. The summed E-state index contributed by atoms with van der Waals surface area (Å²) in [5.74, 6) is -0.387. The van der Waals surface area contributed by atoms with Crippen molar-refractivity contribution in [3.05, 3.63) is 59.2 Å². The van der Waals surface area contributed by atoms with E-state index in [0.29, 0.717) is 17.9 Å². The van der Waals surface area contributed by atoms with E-state index in [2.05, 4.69) is 11.7 Å². The number of hydrogen-bond donors (Lipinski definition) is 0. The van der Waals surface area contributed by atoms with Gasteiger partial charge in [-0.15, -0.1) is 17.9 Å². The molecule has 1 aliphatic rings. The van der Waals surface area contributed by atoms with Gasteiger partial charge in [0.2, 0.25) is 0 Å². The zero-order chi connectivity index (χ0) is 19.2. The molecule has 8 heteroatoms. The molecule has 2 unspecified atom stereocenters. The van der Waals surface area contributed by atoms with Crippen molar-refractivity contribution in [3.8, 4) is 0 Å². The molecule has 0 aromatic carbocycles. The van der Waals surface area contributed by atoms with E-state index < -0.39 is 24.6 Å². The maximum absolute atomic E-state index is 12.7. The number of ether oxygens (including phenoxy) is 2. The van der Waals surface area contributed by atoms with Crippen LogP contribution in [0.25, 0.3) is 0 Å². The molecule has 0 saturated heterocycles. The van der Waals surface area contributed by atoms with E-state index in [1.807, 2.05) is 17.5 Å². The molecule has 2 atom stereocenters. The molecule has 2 aromatic rings. The maximum atomic E-state index is 12.7. The molecule has 2 aromatic heterocycles. The SMILES string of the molecule is C=CCOC(C)C(=O)OCC(=O)N1N=C(c2ccco2)CC1c1cccs1. The number of hydrazone groups is 1. The molecule has 3 rings (SSSR count). The lowest BCUT2D eigenvalue weighted by Gasteiger charge is -2.20. The summed E-state index contributed by atoms with van der Waals surface area (Å²) in [6, 6.07) is 7.21. The first-order valence-corrected chi connectivity index (χ1v) is 9.34. The van der Waals surface area contributed by atoms with E-state index >= 15 is 0 Å². The largest absolute Gasteiger partial charge is 0.463 e. The molecule has 27 heavy (non-hydrogen) atoms. The van der Waals surface area contributed by atoms with Crippen molar-refractivity contribution in [2.45, 2.75) is 25.5 Å². The van der Waals surface area contributed by atoms with E-state index in [1.165, 1.54) is 11.1 Å². The molecular weight excluding hydrogens is 368 g/mol. The second-order valence-corrected chi connectivity index (χ2v) is 6.85. The Morgan fingerprint density at radius 2 is 2.33 bits per heavy atom. The molecule has 3 heterocycles. The summed E-state index contributed by atoms with van der Waals surface area (Å²) in [6.07, 6.45) is 2.86. The standard InChI is InChI=1S/C19H20N2O5S/c1-3-8-24-13(2)19(23)26-12-18(22)21-15(17-7-5-10-27-17)11-14(20-21)16-6-4-9-25-16/h3-7,9-10,13,15H,1,8,11-12H2,2H3. The Labute approximate surface area is 160 Å². The molecule has 7 nitrogen and oxygen atoms in total. The number of esters is 1. The van der Waals surface area contributed by atoms with E-state index in [9.17, 15) is 9.59 Å². The van der Waals surface area contributed by atoms with Gasteiger partial charge < -0.3 is 13.9 Å². The summed E-state index contributed by atoms with van der Waals surface area (Å²) >= 11 is 1.54. The quantitative estimate of drug-likeness (QED) is 0.513. The van der Waals surface area contributed by atoms with Gasteiger partial charge in [0, 0.05) is 11.3 Å². The van der Waals surface area contributed by atoms with Crippen LogP contribution in [0.5, 0.6) is 0 Å². The third kappa shape index (κ3) is 4.53. The summed E-state index contributed by atoms with van der Waals surface area (Å²) in [4.78, 5) is 25.6. The molecule has 0 bridgehead atoms. The Balaban J connectivity index is 1.68. The van der Waals surface area contributed by atoms with Crippen LogP contribution < -0.4 is 0 Å². The van der Waals surface area contributed by atoms with Gasteiger partial charge in [0.05, 0.1) is 18.9 Å². The van der Waals surface area contributed by atoms with E-state index in [4.69, 9.17) is 13.9 Å². The number of furan rings is 1. The van der Waals surface area contributed by atoms with E-state index in [1.54, 1.807) is 36.7 Å². The van der Waals surface area contributed by atoms with Gasteiger partial charge in [-0.1, -0.05) is 12.1 Å². The Morgan fingerprint density at radius 3 is 3.00 bits per heavy atom. The molecule has 1 amide bonds. The highest BCUT2D eigenvalue weighted by Crippen LogP contribution is 2.35. The van der Waals surface area contributed by atoms with Crippen LogP contribution in [-0.2, 0) is 19.1 Å². The van der Waals surface area contributed by atoms with Crippen molar-refractivity contribution in [1.82, 2.24) is 5.01 Å². The van der Waals surface area contributed by atoms with E-state index in [0.717, 1.165) is 4.88 Å². The molecular formula is C19H20N2O5S. The molecule has 0 N–H and O–H groups in total. The van der Waals surface area contributed by atoms with Crippen LogP contribution in [0.1, 0.15) is 30.0 Å². The number of thiophene rings is 1. The smallest absolute Gasteiger partial charge is 0.335 e. The topological polar surface area (TPSA) is 81.3 Å². The molecule has 0 spiro atoms. The van der Waals surface area contributed by atoms with Crippen molar-refractivity contribution in [1.29, 1.82) is 0 Å². The number of nitrogens with zero attached hydrogens (tertiary/aromatic N) is 2. The van der Waals surface area contributed by atoms with Gasteiger partial charge in [-0.25, -0.2) is 9.80 Å². The first-order valence-electron chi connectivity index (χ1n) is 8.46. The van der Waals surface area contributed by atoms with Crippen LogP contribution in [-0.4, -0.2) is 41.9 Å². The highest BCUT2D eigenvalue weighted by Gasteiger charge is 2.35. The molecule has 0 radical (unpaired) electrons. The Hall–Kier alpha value is -2.71. The summed E-state index contributed by atoms with van der Waals surface area (Å²) in [5, 5.41) is 7.73. The zero-order valence-electron chi connectivity index (χ0n) is 14.9. The first-order chi connectivity index (χ1) is 13.1. The van der Waals surface area contributed by atoms with Gasteiger partial charge in [0.25, 0.3) is 5.91 Å². The molecule has 0 aliphatic carbocycles.